The van der Waals surface area contributed by atoms with Crippen LogP contribution in [-0.2, 0) is 31.2 Å². The summed E-state index contributed by atoms with van der Waals surface area (Å²) in [5.41, 5.74) is 5.69. The van der Waals surface area contributed by atoms with Crippen molar-refractivity contribution in [2.24, 2.45) is 4.99 Å². The number of morpholine rings is 1. The molecular weight excluding hydrogens is 1050 g/mol. The van der Waals surface area contributed by atoms with Gasteiger partial charge in [0, 0.05) is 124 Å². The largest absolute Gasteiger partial charge is 0.492 e. The number of halogens is 1. The molecule has 22 heteroatoms. The van der Waals surface area contributed by atoms with Gasteiger partial charge in [-0.1, -0.05) is 26.0 Å². The number of amides is 1. The maximum atomic E-state index is 14.4. The van der Waals surface area contributed by atoms with E-state index in [1.807, 2.05) is 38.7 Å². The summed E-state index contributed by atoms with van der Waals surface area (Å²) in [4.78, 5) is 65.1. The lowest BCUT2D eigenvalue weighted by Crippen LogP contribution is -2.63. The van der Waals surface area contributed by atoms with Crippen LogP contribution in [0.3, 0.4) is 0 Å². The minimum absolute atomic E-state index is 0.0133. The zero-order chi connectivity index (χ0) is 57.4. The Balaban J connectivity index is 0.692. The molecule has 1 amide bonds. The van der Waals surface area contributed by atoms with Crippen LogP contribution in [0.15, 0.2) is 87.1 Å². The van der Waals surface area contributed by atoms with Gasteiger partial charge in [-0.15, -0.1) is 0 Å². The number of carbonyl (C=O) groups excluding carboxylic acids is 1. The molecule has 20 nitrogen and oxygen atoms in total. The van der Waals surface area contributed by atoms with Crippen LogP contribution in [0.5, 0.6) is 11.5 Å². The predicted octanol–water partition coefficient (Wildman–Crippen LogP) is 5.43. The van der Waals surface area contributed by atoms with Gasteiger partial charge in [0.25, 0.3) is 5.56 Å². The van der Waals surface area contributed by atoms with Crippen molar-refractivity contribution in [2.45, 2.75) is 114 Å². The standard InChI is InChI=1S/C59H78FN13O7S/c1-37-29-72(32-53(74)73-35-59(8,9)54-50(73)22-42(56(75)68-54)21-41-11-13-43(60)14-12-41)44(25-61-37)30-71-31-46(79-33-38(71)2)34-80-45-26-63-57(64-27-45)70-18-16-69(17-19-70)15-10-20-78-51-24-48-47(23-52(51)81(76,77)58(5,6)7)55(66-36-65-48)67-49-28-62-40(4)39(49)3/h11-14,22-24,26-27,36-38,44,46,61-62H,10,15-21,25,28-35H2,1-9H3,(H,68,75)/t37-,38-,44-,46-/m1/s1. The molecule has 10 rings (SSSR count). The number of fused-ring (bicyclic) bond motifs is 2. The predicted molar refractivity (Wildman–Crippen MR) is 311 cm³/mol. The molecule has 3 N–H and O–H groups in total. The van der Waals surface area contributed by atoms with E-state index in [0.29, 0.717) is 92.8 Å². The fraction of sp³-hybridized carbons (Fsp3) is 0.542. The summed E-state index contributed by atoms with van der Waals surface area (Å²) in [5, 5.41) is 7.50. The molecule has 5 aromatic rings. The molecule has 434 valence electrons. The number of aromatic nitrogens is 5. The Morgan fingerprint density at radius 3 is 2.43 bits per heavy atom. The number of rotatable bonds is 17. The molecule has 3 fully saturated rings. The molecule has 0 bridgehead atoms. The number of benzene rings is 2. The third-order valence-electron chi connectivity index (χ3n) is 16.5. The zero-order valence-corrected chi connectivity index (χ0v) is 49.0. The van der Waals surface area contributed by atoms with Gasteiger partial charge in [-0.3, -0.25) is 24.3 Å². The van der Waals surface area contributed by atoms with Gasteiger partial charge in [0.2, 0.25) is 11.9 Å². The highest BCUT2D eigenvalue weighted by molar-refractivity contribution is 7.92. The number of ether oxygens (including phenoxy) is 3. The fourth-order valence-electron chi connectivity index (χ4n) is 11.3. The number of aromatic amines is 1. The van der Waals surface area contributed by atoms with Gasteiger partial charge in [-0.05, 0) is 90.3 Å². The Hall–Kier alpha value is -6.43. The molecule has 81 heavy (non-hydrogen) atoms. The second kappa shape index (κ2) is 23.8. The van der Waals surface area contributed by atoms with Crippen molar-refractivity contribution >= 4 is 49.8 Å². The summed E-state index contributed by atoms with van der Waals surface area (Å²) in [6.07, 6.45) is 5.73. The SMILES string of the molecule is CC1=C(C)C(=Nc2ncnc3cc(OCCCN4CCN(c5ncc(OC[C@H]6CN(C[C@H]7CN[C@H](C)CN7CC(=O)N7CC(C)(C)c8[nH]c(=O)c(Cc9ccc(F)cc9)cc87)[C@H](C)CO6)cn5)CC4)c(S(=O)(=O)C(C)(C)C)cc23)CN1. The molecule has 3 saturated heterocycles. The third-order valence-corrected chi connectivity index (χ3v) is 19.0. The average molecular weight is 1130 g/mol. The van der Waals surface area contributed by atoms with Gasteiger partial charge in [0.05, 0.1) is 60.4 Å². The van der Waals surface area contributed by atoms with E-state index >= 15 is 0 Å². The van der Waals surface area contributed by atoms with E-state index in [9.17, 15) is 22.4 Å². The summed E-state index contributed by atoms with van der Waals surface area (Å²) in [6.45, 7) is 26.7. The first-order valence-corrected chi connectivity index (χ1v) is 29.8. The van der Waals surface area contributed by atoms with Crippen molar-refractivity contribution in [1.82, 2.24) is 50.3 Å². The van der Waals surface area contributed by atoms with Crippen LogP contribution in [0.1, 0.15) is 85.6 Å². The van der Waals surface area contributed by atoms with Gasteiger partial charge in [0.1, 0.15) is 35.5 Å². The van der Waals surface area contributed by atoms with Crippen molar-refractivity contribution in [3.05, 3.63) is 105 Å². The Morgan fingerprint density at radius 1 is 0.963 bits per heavy atom. The van der Waals surface area contributed by atoms with Crippen LogP contribution in [0.2, 0.25) is 0 Å². The molecule has 0 aliphatic carbocycles. The first-order valence-electron chi connectivity index (χ1n) is 28.3. The summed E-state index contributed by atoms with van der Waals surface area (Å²) >= 11 is 0. The number of hydrogen-bond acceptors (Lipinski definition) is 18. The van der Waals surface area contributed by atoms with E-state index < -0.39 is 20.0 Å². The third kappa shape index (κ3) is 13.0. The van der Waals surface area contributed by atoms with Crippen LogP contribution < -0.4 is 35.5 Å². The van der Waals surface area contributed by atoms with Crippen LogP contribution >= 0.6 is 0 Å². The summed E-state index contributed by atoms with van der Waals surface area (Å²) in [5.74, 6) is 1.55. The van der Waals surface area contributed by atoms with Crippen molar-refractivity contribution in [3.63, 3.8) is 0 Å². The van der Waals surface area contributed by atoms with E-state index in [-0.39, 0.29) is 58.7 Å². The van der Waals surface area contributed by atoms with Gasteiger partial charge in [0.15, 0.2) is 21.4 Å². The van der Waals surface area contributed by atoms with Crippen molar-refractivity contribution in [3.8, 4) is 11.5 Å². The quantitative estimate of drug-likeness (QED) is 0.0991. The number of piperazine rings is 2. The highest BCUT2D eigenvalue weighted by atomic mass is 32.2. The van der Waals surface area contributed by atoms with Crippen molar-refractivity contribution < 1.29 is 31.8 Å². The molecule has 8 heterocycles. The Morgan fingerprint density at radius 2 is 1.72 bits per heavy atom. The van der Waals surface area contributed by atoms with Crippen molar-refractivity contribution in [2.75, 3.05) is 108 Å². The van der Waals surface area contributed by atoms with Crippen LogP contribution in [0.25, 0.3) is 10.9 Å². The van der Waals surface area contributed by atoms with Crippen molar-refractivity contribution in [1.29, 1.82) is 0 Å². The Kier molecular flexibility index (Phi) is 17.0. The average Bonchev–Trinajstić information content (AvgIpc) is 4.14. The van der Waals surface area contributed by atoms with Gasteiger partial charge in [-0.2, -0.15) is 0 Å². The normalized spacial score (nSPS) is 22.6. The van der Waals surface area contributed by atoms with E-state index in [1.165, 1.54) is 18.5 Å². The number of sulfone groups is 1. The molecule has 0 spiro atoms. The van der Waals surface area contributed by atoms with Gasteiger partial charge >= 0.3 is 0 Å². The smallest absolute Gasteiger partial charge is 0.251 e. The number of nitrogens with one attached hydrogen (secondary N) is 3. The van der Waals surface area contributed by atoms with Crippen LogP contribution in [0.4, 0.5) is 21.8 Å². The van der Waals surface area contributed by atoms with E-state index in [2.05, 4.69) is 69.0 Å². The van der Waals surface area contributed by atoms with Crippen LogP contribution in [0, 0.1) is 5.82 Å². The van der Waals surface area contributed by atoms with Gasteiger partial charge < -0.3 is 39.6 Å². The molecule has 2 aromatic carbocycles. The lowest BCUT2D eigenvalue weighted by atomic mass is 9.91. The Labute approximate surface area is 474 Å². The minimum atomic E-state index is -3.81. The number of H-pyrrole nitrogens is 1. The highest BCUT2D eigenvalue weighted by Crippen LogP contribution is 2.40. The van der Waals surface area contributed by atoms with Crippen LogP contribution in [-0.4, -0.2) is 187 Å². The number of nitrogens with zero attached hydrogens (tertiary/aromatic N) is 10. The molecule has 0 radical (unpaired) electrons. The summed E-state index contributed by atoms with van der Waals surface area (Å²) < 4.78 is 59.4. The molecule has 3 aromatic heterocycles. The Bertz CT molecular complexity index is 3340. The second-order valence-electron chi connectivity index (χ2n) is 24.1. The molecule has 0 saturated carbocycles. The van der Waals surface area contributed by atoms with E-state index in [1.54, 1.807) is 57.4 Å². The van der Waals surface area contributed by atoms with E-state index in [4.69, 9.17) is 19.2 Å². The number of anilines is 2. The fourth-order valence-corrected chi connectivity index (χ4v) is 12.6. The maximum absolute atomic E-state index is 14.4. The topological polar surface area (TPSA) is 216 Å². The lowest BCUT2D eigenvalue weighted by molar-refractivity contribution is -0.121. The van der Waals surface area contributed by atoms with Gasteiger partial charge in [-0.25, -0.2) is 37.7 Å². The number of aliphatic imine (C=N–C) groups is 1. The first kappa shape index (κ1) is 57.8. The highest BCUT2D eigenvalue weighted by Gasteiger charge is 2.42. The summed E-state index contributed by atoms with van der Waals surface area (Å²) in [7, 11) is -3.81. The van der Waals surface area contributed by atoms with E-state index in [0.717, 1.165) is 79.7 Å². The summed E-state index contributed by atoms with van der Waals surface area (Å²) in [6, 6.07) is 11.7. The molecule has 5 aliphatic heterocycles. The number of allylic oxidation sites excluding steroid dienone is 1. The maximum Gasteiger partial charge on any atom is 0.251 e. The molecule has 0 unspecified atom stereocenters. The number of hydrogen-bond donors (Lipinski definition) is 3. The second-order valence-corrected chi connectivity index (χ2v) is 26.7. The molecule has 4 atom stereocenters. The number of pyridine rings is 1. The lowest BCUT2D eigenvalue weighted by Gasteiger charge is -2.45. The minimum Gasteiger partial charge on any atom is -0.492 e. The zero-order valence-electron chi connectivity index (χ0n) is 48.2. The first-order chi connectivity index (χ1) is 38.6. The number of carbonyl (C=O) groups is 1. The molecule has 5 aliphatic rings. The monoisotopic (exact) mass is 1130 g/mol. The molecular formula is C59H78FN13O7S.